The largest absolute Gasteiger partial charge is 0.349 e. The highest BCUT2D eigenvalue weighted by molar-refractivity contribution is 6.02. The van der Waals surface area contributed by atoms with Gasteiger partial charge in [-0.2, -0.15) is 0 Å². The molecule has 0 aromatic rings. The summed E-state index contributed by atoms with van der Waals surface area (Å²) in [5.41, 5.74) is 5.48. The number of carbonyl (C=O) groups excluding carboxylic acids is 3. The van der Waals surface area contributed by atoms with Gasteiger partial charge in [0.1, 0.15) is 0 Å². The lowest BCUT2D eigenvalue weighted by Crippen LogP contribution is -2.52. The number of hydrogen-bond donors (Lipinski definition) is 2. The molecule has 2 rings (SSSR count). The van der Waals surface area contributed by atoms with Crippen LogP contribution in [-0.4, -0.2) is 41.2 Å². The number of nitrogens with two attached hydrogens (primary N) is 1. The Morgan fingerprint density at radius 1 is 1.21 bits per heavy atom. The van der Waals surface area contributed by atoms with Gasteiger partial charge in [-0.15, -0.1) is 0 Å². The number of nitrogens with one attached hydrogen (secondary N) is 1. The average molecular weight is 267 g/mol. The van der Waals surface area contributed by atoms with Crippen molar-refractivity contribution in [3.63, 3.8) is 0 Å². The Hall–Kier alpha value is -1.43. The van der Waals surface area contributed by atoms with Crippen LogP contribution in [0.4, 0.5) is 0 Å². The molecule has 1 heterocycles. The van der Waals surface area contributed by atoms with Crippen molar-refractivity contribution in [2.45, 2.75) is 50.5 Å². The van der Waals surface area contributed by atoms with Crippen LogP contribution in [0.25, 0.3) is 0 Å². The molecule has 3 N–H and O–H groups in total. The fourth-order valence-electron chi connectivity index (χ4n) is 2.88. The van der Waals surface area contributed by atoms with E-state index in [2.05, 4.69) is 5.32 Å². The van der Waals surface area contributed by atoms with E-state index in [0.717, 1.165) is 25.7 Å². The Morgan fingerprint density at radius 3 is 2.32 bits per heavy atom. The molecular weight excluding hydrogens is 246 g/mol. The first-order chi connectivity index (χ1) is 9.06. The van der Waals surface area contributed by atoms with Crippen LogP contribution in [0.2, 0.25) is 0 Å². The second-order valence-corrected chi connectivity index (χ2v) is 5.43. The van der Waals surface area contributed by atoms with Gasteiger partial charge in [0.15, 0.2) is 0 Å². The molecule has 6 heteroatoms. The number of rotatable bonds is 5. The fraction of sp³-hybridized carbons (Fsp3) is 0.769. The minimum absolute atomic E-state index is 0.125. The molecule has 0 aromatic heterocycles. The van der Waals surface area contributed by atoms with Crippen molar-refractivity contribution in [3.05, 3.63) is 0 Å². The Balaban J connectivity index is 1.81. The summed E-state index contributed by atoms with van der Waals surface area (Å²) in [5.74, 6) is -0.473. The van der Waals surface area contributed by atoms with E-state index in [4.69, 9.17) is 5.73 Å². The summed E-state index contributed by atoms with van der Waals surface area (Å²) >= 11 is 0. The molecule has 1 aliphatic carbocycles. The molecule has 1 saturated carbocycles. The van der Waals surface area contributed by atoms with Crippen LogP contribution in [0.5, 0.6) is 0 Å². The van der Waals surface area contributed by atoms with Crippen LogP contribution in [0.1, 0.15) is 44.9 Å². The summed E-state index contributed by atoms with van der Waals surface area (Å²) < 4.78 is 0. The number of carbonyl (C=O) groups is 3. The standard InChI is InChI=1S/C13H21N3O3/c14-9-13(6-1-2-7-13)15-10(17)5-8-16-11(18)3-4-12(16)19/h1-9,14H2,(H,15,17). The first-order valence-corrected chi connectivity index (χ1v) is 6.91. The van der Waals surface area contributed by atoms with Crippen molar-refractivity contribution >= 4 is 17.7 Å². The Kier molecular flexibility index (Phi) is 4.19. The third-order valence-electron chi connectivity index (χ3n) is 4.07. The van der Waals surface area contributed by atoms with Crippen molar-refractivity contribution in [1.82, 2.24) is 10.2 Å². The van der Waals surface area contributed by atoms with Crippen molar-refractivity contribution in [2.24, 2.45) is 5.73 Å². The van der Waals surface area contributed by atoms with E-state index in [1.807, 2.05) is 0 Å². The van der Waals surface area contributed by atoms with E-state index in [1.54, 1.807) is 0 Å². The highest BCUT2D eigenvalue weighted by atomic mass is 16.2. The molecule has 1 aliphatic heterocycles. The number of nitrogens with zero attached hydrogens (tertiary/aromatic N) is 1. The molecule has 0 radical (unpaired) electrons. The minimum atomic E-state index is -0.268. The van der Waals surface area contributed by atoms with Gasteiger partial charge >= 0.3 is 0 Å². The maximum Gasteiger partial charge on any atom is 0.229 e. The lowest BCUT2D eigenvalue weighted by Gasteiger charge is -2.29. The number of hydrogen-bond acceptors (Lipinski definition) is 4. The Bertz CT molecular complexity index is 373. The SMILES string of the molecule is NCC1(NC(=O)CCN2C(=O)CCC2=O)CCCC1. The van der Waals surface area contributed by atoms with Crippen molar-refractivity contribution in [3.8, 4) is 0 Å². The molecule has 19 heavy (non-hydrogen) atoms. The highest BCUT2D eigenvalue weighted by Gasteiger charge is 2.34. The topological polar surface area (TPSA) is 92.5 Å². The quantitative estimate of drug-likeness (QED) is 0.681. The number of amides is 3. The lowest BCUT2D eigenvalue weighted by molar-refractivity contribution is -0.138. The van der Waals surface area contributed by atoms with Gasteiger partial charge in [0.2, 0.25) is 17.7 Å². The number of imide groups is 1. The van der Waals surface area contributed by atoms with Crippen LogP contribution in [-0.2, 0) is 14.4 Å². The third kappa shape index (κ3) is 3.12. The van der Waals surface area contributed by atoms with Gasteiger partial charge in [-0.3, -0.25) is 19.3 Å². The van der Waals surface area contributed by atoms with Gasteiger partial charge in [0.25, 0.3) is 0 Å². The summed E-state index contributed by atoms with van der Waals surface area (Å²) in [6.45, 7) is 0.629. The van der Waals surface area contributed by atoms with Gasteiger partial charge < -0.3 is 11.1 Å². The predicted octanol–water partition coefficient (Wildman–Crippen LogP) is -0.0868. The van der Waals surface area contributed by atoms with E-state index >= 15 is 0 Å². The second kappa shape index (κ2) is 5.69. The zero-order chi connectivity index (χ0) is 13.9. The van der Waals surface area contributed by atoms with Crippen molar-refractivity contribution in [2.75, 3.05) is 13.1 Å². The smallest absolute Gasteiger partial charge is 0.229 e. The van der Waals surface area contributed by atoms with E-state index in [-0.39, 0.29) is 49.1 Å². The molecule has 2 aliphatic rings. The summed E-state index contributed by atoms with van der Waals surface area (Å²) in [6.07, 6.45) is 4.70. The van der Waals surface area contributed by atoms with Crippen LogP contribution in [0.3, 0.4) is 0 Å². The van der Waals surface area contributed by atoms with Crippen LogP contribution in [0, 0.1) is 0 Å². The predicted molar refractivity (Wildman–Crippen MR) is 69.0 cm³/mol. The molecule has 0 unspecified atom stereocenters. The molecule has 1 saturated heterocycles. The zero-order valence-corrected chi connectivity index (χ0v) is 11.1. The maximum atomic E-state index is 11.9. The fourth-order valence-corrected chi connectivity index (χ4v) is 2.88. The van der Waals surface area contributed by atoms with Crippen molar-refractivity contribution in [1.29, 1.82) is 0 Å². The van der Waals surface area contributed by atoms with Crippen molar-refractivity contribution < 1.29 is 14.4 Å². The highest BCUT2D eigenvalue weighted by Crippen LogP contribution is 2.28. The van der Waals surface area contributed by atoms with Crippen LogP contribution >= 0.6 is 0 Å². The maximum absolute atomic E-state index is 11.9. The molecule has 106 valence electrons. The third-order valence-corrected chi connectivity index (χ3v) is 4.07. The molecule has 2 fully saturated rings. The molecule has 0 aromatic carbocycles. The monoisotopic (exact) mass is 267 g/mol. The summed E-state index contributed by atoms with van der Waals surface area (Å²) in [5, 5.41) is 2.98. The van der Waals surface area contributed by atoms with Crippen LogP contribution < -0.4 is 11.1 Å². The lowest BCUT2D eigenvalue weighted by atomic mass is 9.97. The van der Waals surface area contributed by atoms with E-state index < -0.39 is 0 Å². The normalized spacial score (nSPS) is 22.1. The van der Waals surface area contributed by atoms with Gasteiger partial charge in [-0.25, -0.2) is 0 Å². The molecule has 0 spiro atoms. The first kappa shape index (κ1) is 14.0. The molecular formula is C13H21N3O3. The van der Waals surface area contributed by atoms with Gasteiger partial charge in [0, 0.05) is 32.4 Å². The molecule has 0 bridgehead atoms. The van der Waals surface area contributed by atoms with Gasteiger partial charge in [0.05, 0.1) is 5.54 Å². The second-order valence-electron chi connectivity index (χ2n) is 5.43. The minimum Gasteiger partial charge on any atom is -0.349 e. The molecule has 6 nitrogen and oxygen atoms in total. The Morgan fingerprint density at radius 2 is 1.79 bits per heavy atom. The zero-order valence-electron chi connectivity index (χ0n) is 11.1. The molecule has 0 atom stereocenters. The van der Waals surface area contributed by atoms with E-state index in [9.17, 15) is 14.4 Å². The average Bonchev–Trinajstić information content (AvgIpc) is 2.96. The van der Waals surface area contributed by atoms with Crippen LogP contribution in [0.15, 0.2) is 0 Å². The van der Waals surface area contributed by atoms with Gasteiger partial charge in [-0.1, -0.05) is 12.8 Å². The Labute approximate surface area is 112 Å². The summed E-state index contributed by atoms with van der Waals surface area (Å²) in [6, 6.07) is 0. The summed E-state index contributed by atoms with van der Waals surface area (Å²) in [7, 11) is 0. The van der Waals surface area contributed by atoms with E-state index in [0.29, 0.717) is 6.54 Å². The van der Waals surface area contributed by atoms with E-state index in [1.165, 1.54) is 4.90 Å². The first-order valence-electron chi connectivity index (χ1n) is 6.91. The number of likely N-dealkylation sites (tertiary alicyclic amines) is 1. The van der Waals surface area contributed by atoms with Gasteiger partial charge in [-0.05, 0) is 12.8 Å². The summed E-state index contributed by atoms with van der Waals surface area (Å²) in [4.78, 5) is 35.9. The molecule has 3 amide bonds.